The number of nitrogens with zero attached hydrogens (tertiary/aromatic N) is 2. The van der Waals surface area contributed by atoms with E-state index in [1.54, 1.807) is 50.6 Å². The fraction of sp³-hybridized carbons (Fsp3) is 0.160. The molecule has 0 radical (unpaired) electrons. The van der Waals surface area contributed by atoms with Gasteiger partial charge in [0, 0.05) is 34.5 Å². The van der Waals surface area contributed by atoms with Crippen LogP contribution in [0.15, 0.2) is 89.8 Å². The summed E-state index contributed by atoms with van der Waals surface area (Å²) in [4.78, 5) is 29.4. The monoisotopic (exact) mass is 463 g/mol. The molecule has 0 aliphatic carbocycles. The number of aliphatic carboxylic acids is 1. The Morgan fingerprint density at radius 1 is 1.09 bits per heavy atom. The van der Waals surface area contributed by atoms with Gasteiger partial charge in [0.1, 0.15) is 6.61 Å². The van der Waals surface area contributed by atoms with Gasteiger partial charge in [-0.25, -0.2) is 14.6 Å². The number of nitrogens with one attached hydrogen (secondary N) is 1. The summed E-state index contributed by atoms with van der Waals surface area (Å²) in [6, 6.07) is 14.4. The van der Waals surface area contributed by atoms with Gasteiger partial charge in [-0.1, -0.05) is 41.9 Å². The smallest absolute Gasteiger partial charge is 0.337 e. The van der Waals surface area contributed by atoms with Crippen molar-refractivity contribution in [2.75, 3.05) is 0 Å². The van der Waals surface area contributed by atoms with Gasteiger partial charge in [-0.15, -0.1) is 0 Å². The predicted octanol–water partition coefficient (Wildman–Crippen LogP) is 4.59. The van der Waals surface area contributed by atoms with Gasteiger partial charge in [0.2, 0.25) is 0 Å². The van der Waals surface area contributed by atoms with Crippen molar-refractivity contribution >= 4 is 23.5 Å². The van der Waals surface area contributed by atoms with Crippen molar-refractivity contribution < 1.29 is 19.4 Å². The Kier molecular flexibility index (Phi) is 6.33. The number of rotatable bonds is 6. The van der Waals surface area contributed by atoms with Crippen LogP contribution in [0, 0.1) is 0 Å². The first-order chi connectivity index (χ1) is 15.9. The molecule has 0 amide bonds. The zero-order valence-corrected chi connectivity index (χ0v) is 18.8. The number of ether oxygens (including phenoxy) is 1. The van der Waals surface area contributed by atoms with E-state index in [2.05, 4.69) is 10.3 Å². The van der Waals surface area contributed by atoms with Crippen LogP contribution in [0.3, 0.4) is 0 Å². The van der Waals surface area contributed by atoms with E-state index in [4.69, 9.17) is 16.3 Å². The average molecular weight is 464 g/mol. The fourth-order valence-electron chi connectivity index (χ4n) is 3.97. The predicted molar refractivity (Wildman–Crippen MR) is 124 cm³/mol. The van der Waals surface area contributed by atoms with Crippen LogP contribution in [0.2, 0.25) is 5.02 Å². The molecule has 1 aromatic heterocycles. The highest BCUT2D eigenvalue weighted by Gasteiger charge is 2.38. The molecule has 168 valence electrons. The van der Waals surface area contributed by atoms with E-state index in [0.29, 0.717) is 22.0 Å². The molecule has 2 N–H and O–H groups in total. The summed E-state index contributed by atoms with van der Waals surface area (Å²) in [5, 5.41) is 13.3. The molecule has 1 unspecified atom stereocenters. The van der Waals surface area contributed by atoms with Gasteiger partial charge in [0.15, 0.2) is 0 Å². The van der Waals surface area contributed by atoms with Crippen LogP contribution < -0.4 is 5.32 Å². The Morgan fingerprint density at radius 3 is 2.42 bits per heavy atom. The minimum atomic E-state index is -1.13. The molecule has 1 atom stereocenters. The summed E-state index contributed by atoms with van der Waals surface area (Å²) >= 11 is 6.41. The van der Waals surface area contributed by atoms with Gasteiger partial charge < -0.3 is 19.7 Å². The standard InChI is InChI=1S/C25H22ClN3O4/c1-15-21(24(30)31)23(19-5-3-4-6-20(19)26)22(16(2)28-15)25(32)33-13-17-7-9-18(10-8-17)29-12-11-27-14-29/h3-12,14,23,28H,13H2,1-2H3,(H,30,31). The van der Waals surface area contributed by atoms with Gasteiger partial charge in [-0.3, -0.25) is 0 Å². The number of aromatic nitrogens is 2. The maximum Gasteiger partial charge on any atom is 0.337 e. The molecular formula is C25H22ClN3O4. The lowest BCUT2D eigenvalue weighted by Crippen LogP contribution is -2.31. The number of carboxylic acid groups (broad SMARTS) is 1. The lowest BCUT2D eigenvalue weighted by molar-refractivity contribution is -0.140. The number of benzene rings is 2. The Morgan fingerprint density at radius 2 is 1.79 bits per heavy atom. The summed E-state index contributed by atoms with van der Waals surface area (Å²) in [5.74, 6) is -2.58. The van der Waals surface area contributed by atoms with Crippen molar-refractivity contribution in [1.29, 1.82) is 0 Å². The van der Waals surface area contributed by atoms with Crippen LogP contribution in [0.25, 0.3) is 5.69 Å². The number of imidazole rings is 1. The van der Waals surface area contributed by atoms with E-state index >= 15 is 0 Å². The largest absolute Gasteiger partial charge is 0.478 e. The van der Waals surface area contributed by atoms with Crippen molar-refractivity contribution in [1.82, 2.24) is 14.9 Å². The second-order valence-corrected chi connectivity index (χ2v) is 8.08. The van der Waals surface area contributed by atoms with Crippen molar-refractivity contribution in [3.05, 3.63) is 106 Å². The van der Waals surface area contributed by atoms with E-state index in [1.807, 2.05) is 35.0 Å². The van der Waals surface area contributed by atoms with E-state index in [9.17, 15) is 14.7 Å². The molecule has 0 saturated heterocycles. The number of esters is 1. The van der Waals surface area contributed by atoms with Gasteiger partial charge >= 0.3 is 11.9 Å². The molecule has 0 spiro atoms. The number of dihydropyridines is 1. The van der Waals surface area contributed by atoms with Crippen molar-refractivity contribution in [2.45, 2.75) is 26.4 Å². The van der Waals surface area contributed by atoms with Crippen LogP contribution in [-0.2, 0) is 20.9 Å². The quantitative estimate of drug-likeness (QED) is 0.519. The summed E-state index contributed by atoms with van der Waals surface area (Å²) in [7, 11) is 0. The molecule has 33 heavy (non-hydrogen) atoms. The maximum absolute atomic E-state index is 13.2. The molecule has 8 heteroatoms. The summed E-state index contributed by atoms with van der Waals surface area (Å²) < 4.78 is 7.48. The zero-order chi connectivity index (χ0) is 23.5. The first-order valence-corrected chi connectivity index (χ1v) is 10.6. The summed E-state index contributed by atoms with van der Waals surface area (Å²) in [6.45, 7) is 3.43. The first kappa shape index (κ1) is 22.4. The highest BCUT2D eigenvalue weighted by Crippen LogP contribution is 2.41. The lowest BCUT2D eigenvalue weighted by Gasteiger charge is -2.30. The number of hydrogen-bond acceptors (Lipinski definition) is 5. The van der Waals surface area contributed by atoms with Gasteiger partial charge in [-0.05, 0) is 43.2 Å². The second kappa shape index (κ2) is 9.34. The Bertz CT molecular complexity index is 1260. The number of halogens is 1. The van der Waals surface area contributed by atoms with E-state index in [1.165, 1.54) is 0 Å². The third-order valence-corrected chi connectivity index (χ3v) is 5.88. The van der Waals surface area contributed by atoms with Gasteiger partial charge in [0.25, 0.3) is 0 Å². The molecule has 0 bridgehead atoms. The number of carbonyl (C=O) groups is 2. The molecule has 1 aliphatic rings. The highest BCUT2D eigenvalue weighted by atomic mass is 35.5. The first-order valence-electron chi connectivity index (χ1n) is 10.3. The minimum absolute atomic E-state index is 0.0418. The molecular weight excluding hydrogens is 442 g/mol. The minimum Gasteiger partial charge on any atom is -0.478 e. The lowest BCUT2D eigenvalue weighted by atomic mass is 9.80. The zero-order valence-electron chi connectivity index (χ0n) is 18.1. The average Bonchev–Trinajstić information content (AvgIpc) is 3.32. The van der Waals surface area contributed by atoms with Gasteiger partial charge in [0.05, 0.1) is 23.4 Å². The highest BCUT2D eigenvalue weighted by molar-refractivity contribution is 6.31. The van der Waals surface area contributed by atoms with Crippen LogP contribution >= 0.6 is 11.6 Å². The molecule has 1 aliphatic heterocycles. The van der Waals surface area contributed by atoms with Crippen LogP contribution in [0.5, 0.6) is 0 Å². The molecule has 2 aromatic carbocycles. The number of hydrogen-bond donors (Lipinski definition) is 2. The second-order valence-electron chi connectivity index (χ2n) is 7.67. The van der Waals surface area contributed by atoms with Crippen LogP contribution in [0.1, 0.15) is 30.9 Å². The Hall–Kier alpha value is -3.84. The van der Waals surface area contributed by atoms with E-state index in [0.717, 1.165) is 11.3 Å². The molecule has 0 saturated carbocycles. The van der Waals surface area contributed by atoms with Crippen molar-refractivity contribution in [3.63, 3.8) is 0 Å². The molecule has 7 nitrogen and oxygen atoms in total. The molecule has 0 fully saturated rings. The van der Waals surface area contributed by atoms with Crippen LogP contribution in [0.4, 0.5) is 0 Å². The van der Waals surface area contributed by atoms with E-state index < -0.39 is 17.9 Å². The molecule has 4 rings (SSSR count). The number of carbonyl (C=O) groups excluding carboxylic acids is 1. The van der Waals surface area contributed by atoms with Crippen molar-refractivity contribution in [3.8, 4) is 5.69 Å². The summed E-state index contributed by atoms with van der Waals surface area (Å²) in [5.41, 5.74) is 3.54. The Labute approximate surface area is 196 Å². The van der Waals surface area contributed by atoms with E-state index in [-0.39, 0.29) is 17.8 Å². The Balaban J connectivity index is 1.60. The van der Waals surface area contributed by atoms with Crippen LogP contribution in [-0.4, -0.2) is 26.6 Å². The third kappa shape index (κ3) is 4.54. The topological polar surface area (TPSA) is 93.5 Å². The molecule has 2 heterocycles. The van der Waals surface area contributed by atoms with Crippen molar-refractivity contribution in [2.24, 2.45) is 0 Å². The maximum atomic E-state index is 13.2. The number of carboxylic acids is 1. The van der Waals surface area contributed by atoms with Gasteiger partial charge in [-0.2, -0.15) is 0 Å². The summed E-state index contributed by atoms with van der Waals surface area (Å²) in [6.07, 6.45) is 5.23. The SMILES string of the molecule is CC1=C(C(=O)O)C(c2ccccc2Cl)C(C(=O)OCc2ccc(-n3ccnc3)cc2)=C(C)N1. The molecule has 3 aromatic rings. The number of allylic oxidation sites excluding steroid dienone is 2. The fourth-order valence-corrected chi connectivity index (χ4v) is 4.22. The third-order valence-electron chi connectivity index (χ3n) is 5.54. The normalized spacial score (nSPS) is 15.9.